The molecule has 3 nitrogen and oxygen atoms in total. The van der Waals surface area contributed by atoms with Gasteiger partial charge in [-0.3, -0.25) is 4.79 Å². The molecule has 0 spiro atoms. The Morgan fingerprint density at radius 3 is 2.22 bits per heavy atom. The lowest BCUT2D eigenvalue weighted by atomic mass is 10.1. The molecule has 0 amide bonds. The van der Waals surface area contributed by atoms with E-state index in [1.807, 2.05) is 42.7 Å². The highest BCUT2D eigenvalue weighted by molar-refractivity contribution is 5.45. The van der Waals surface area contributed by atoms with Gasteiger partial charge in [-0.1, -0.05) is 18.2 Å². The van der Waals surface area contributed by atoms with E-state index in [0.717, 1.165) is 22.6 Å². The van der Waals surface area contributed by atoms with Crippen molar-refractivity contribution in [1.29, 1.82) is 0 Å². The maximum Gasteiger partial charge on any atom is 0.182 e. The fourth-order valence-corrected chi connectivity index (χ4v) is 2.29. The molecule has 0 aliphatic heterocycles. The second kappa shape index (κ2) is 4.78. The van der Waals surface area contributed by atoms with Crippen LogP contribution in [0.3, 0.4) is 0 Å². The van der Waals surface area contributed by atoms with Gasteiger partial charge < -0.3 is 9.67 Å². The Labute approximate surface area is 106 Å². The van der Waals surface area contributed by atoms with Gasteiger partial charge in [0, 0.05) is 29.1 Å². The van der Waals surface area contributed by atoms with Gasteiger partial charge in [0.2, 0.25) is 0 Å². The highest BCUT2D eigenvalue weighted by Gasteiger charge is 2.11. The van der Waals surface area contributed by atoms with Gasteiger partial charge in [0.05, 0.1) is 11.8 Å². The second-order valence-corrected chi connectivity index (χ2v) is 4.54. The molecule has 18 heavy (non-hydrogen) atoms. The van der Waals surface area contributed by atoms with Gasteiger partial charge in [-0.15, -0.1) is 0 Å². The van der Waals surface area contributed by atoms with E-state index in [1.165, 1.54) is 0 Å². The van der Waals surface area contributed by atoms with Crippen molar-refractivity contribution >= 4 is 0 Å². The normalized spacial score (nSPS) is 12.4. The molecule has 1 aromatic carbocycles. The maximum absolute atomic E-state index is 11.5. The van der Waals surface area contributed by atoms with Crippen LogP contribution < -0.4 is 5.43 Å². The van der Waals surface area contributed by atoms with Crippen molar-refractivity contribution in [1.82, 2.24) is 4.57 Å². The van der Waals surface area contributed by atoms with Gasteiger partial charge in [-0.25, -0.2) is 0 Å². The molecule has 2 aromatic rings. The summed E-state index contributed by atoms with van der Waals surface area (Å²) in [7, 11) is 0. The van der Waals surface area contributed by atoms with Crippen molar-refractivity contribution in [2.75, 3.05) is 0 Å². The van der Waals surface area contributed by atoms with Crippen LogP contribution in [0, 0.1) is 13.8 Å². The van der Waals surface area contributed by atoms with Gasteiger partial charge in [0.15, 0.2) is 5.43 Å². The Bertz CT molecular complexity index is 600. The first-order chi connectivity index (χ1) is 8.50. The summed E-state index contributed by atoms with van der Waals surface area (Å²) in [4.78, 5) is 11.5. The molecule has 1 heterocycles. The van der Waals surface area contributed by atoms with Crippen LogP contribution in [0.1, 0.15) is 30.0 Å². The minimum absolute atomic E-state index is 0.00998. The third-order valence-electron chi connectivity index (χ3n) is 3.04. The third kappa shape index (κ3) is 2.22. The second-order valence-electron chi connectivity index (χ2n) is 4.54. The summed E-state index contributed by atoms with van der Waals surface area (Å²) in [6, 6.07) is 10.9. The highest BCUT2D eigenvalue weighted by Crippen LogP contribution is 2.23. The van der Waals surface area contributed by atoms with Gasteiger partial charge in [-0.2, -0.15) is 0 Å². The molecule has 0 radical (unpaired) electrons. The van der Waals surface area contributed by atoms with Gasteiger partial charge >= 0.3 is 0 Å². The zero-order valence-electron chi connectivity index (χ0n) is 10.8. The largest absolute Gasteiger partial charge is 0.389 e. The molecular formula is C15H17NO2. The average molecular weight is 243 g/mol. The summed E-state index contributed by atoms with van der Waals surface area (Å²) < 4.78 is 1.99. The Morgan fingerprint density at radius 2 is 1.67 bits per heavy atom. The summed E-state index contributed by atoms with van der Waals surface area (Å²) in [5.41, 5.74) is 3.52. The maximum atomic E-state index is 11.5. The van der Waals surface area contributed by atoms with E-state index in [-0.39, 0.29) is 5.43 Å². The van der Waals surface area contributed by atoms with Crippen LogP contribution in [0.15, 0.2) is 41.2 Å². The molecule has 1 unspecified atom stereocenters. The van der Waals surface area contributed by atoms with Gasteiger partial charge in [-0.05, 0) is 26.8 Å². The SMILES string of the molecule is Cc1cc(=O)cc(C)n1-c1ccccc1C(C)O. The van der Waals surface area contributed by atoms with E-state index in [4.69, 9.17) is 0 Å². The Balaban J connectivity index is 2.74. The summed E-state index contributed by atoms with van der Waals surface area (Å²) in [6.07, 6.45) is -0.542. The lowest BCUT2D eigenvalue weighted by Gasteiger charge is -2.19. The number of nitrogens with zero attached hydrogens (tertiary/aromatic N) is 1. The third-order valence-corrected chi connectivity index (χ3v) is 3.04. The molecule has 0 fully saturated rings. The lowest BCUT2D eigenvalue weighted by molar-refractivity contribution is 0.199. The van der Waals surface area contributed by atoms with E-state index >= 15 is 0 Å². The number of aromatic nitrogens is 1. The predicted molar refractivity (Wildman–Crippen MR) is 72.1 cm³/mol. The van der Waals surface area contributed by atoms with Crippen molar-refractivity contribution in [3.05, 3.63) is 63.6 Å². The summed E-state index contributed by atoms with van der Waals surface area (Å²) in [5, 5.41) is 9.83. The molecule has 0 aliphatic rings. The molecule has 94 valence electrons. The zero-order chi connectivity index (χ0) is 13.3. The van der Waals surface area contributed by atoms with Gasteiger partial charge in [0.1, 0.15) is 0 Å². The highest BCUT2D eigenvalue weighted by atomic mass is 16.3. The number of aliphatic hydroxyl groups is 1. The molecule has 1 N–H and O–H groups in total. The van der Waals surface area contributed by atoms with Crippen molar-refractivity contribution in [2.45, 2.75) is 26.9 Å². The fourth-order valence-electron chi connectivity index (χ4n) is 2.29. The number of rotatable bonds is 2. The average Bonchev–Trinajstić information content (AvgIpc) is 2.28. The number of aliphatic hydroxyl groups excluding tert-OH is 1. The van der Waals surface area contributed by atoms with Crippen LogP contribution in [0.2, 0.25) is 0 Å². The minimum atomic E-state index is -0.542. The zero-order valence-corrected chi connectivity index (χ0v) is 10.8. The van der Waals surface area contributed by atoms with Crippen molar-refractivity contribution in [3.63, 3.8) is 0 Å². The Hall–Kier alpha value is -1.87. The molecule has 0 bridgehead atoms. The first-order valence-electron chi connectivity index (χ1n) is 5.98. The molecular weight excluding hydrogens is 226 g/mol. The van der Waals surface area contributed by atoms with Crippen LogP contribution >= 0.6 is 0 Å². The van der Waals surface area contributed by atoms with Crippen LogP contribution in [0.4, 0.5) is 0 Å². The van der Waals surface area contributed by atoms with Crippen LogP contribution in [-0.2, 0) is 0 Å². The fraction of sp³-hybridized carbons (Fsp3) is 0.267. The quantitative estimate of drug-likeness (QED) is 0.880. The summed E-state index contributed by atoms with van der Waals surface area (Å²) >= 11 is 0. The van der Waals surface area contributed by atoms with E-state index in [0.29, 0.717) is 0 Å². The molecule has 0 saturated carbocycles. The predicted octanol–water partition coefficient (Wildman–Crippen LogP) is 2.51. The van der Waals surface area contributed by atoms with E-state index in [2.05, 4.69) is 0 Å². The topological polar surface area (TPSA) is 42.2 Å². The Morgan fingerprint density at radius 1 is 1.11 bits per heavy atom. The number of benzene rings is 1. The van der Waals surface area contributed by atoms with Crippen LogP contribution in [-0.4, -0.2) is 9.67 Å². The molecule has 0 saturated heterocycles. The van der Waals surface area contributed by atoms with Crippen molar-refractivity contribution < 1.29 is 5.11 Å². The first kappa shape index (κ1) is 12.6. The summed E-state index contributed by atoms with van der Waals surface area (Å²) in [5.74, 6) is 0. The number of pyridine rings is 1. The molecule has 3 heteroatoms. The first-order valence-corrected chi connectivity index (χ1v) is 5.98. The molecule has 2 rings (SSSR count). The van der Waals surface area contributed by atoms with Crippen LogP contribution in [0.5, 0.6) is 0 Å². The lowest BCUT2D eigenvalue weighted by Crippen LogP contribution is -2.13. The molecule has 1 aromatic heterocycles. The van der Waals surface area contributed by atoms with Crippen LogP contribution in [0.25, 0.3) is 5.69 Å². The molecule has 1 atom stereocenters. The number of hydrogen-bond acceptors (Lipinski definition) is 2. The number of hydrogen-bond donors (Lipinski definition) is 1. The van der Waals surface area contributed by atoms with Crippen molar-refractivity contribution in [2.24, 2.45) is 0 Å². The standard InChI is InChI=1S/C15H17NO2/c1-10-8-13(18)9-11(2)16(10)15-7-5-4-6-14(15)12(3)17/h4-9,12,17H,1-3H3. The monoisotopic (exact) mass is 243 g/mol. The Kier molecular flexibility index (Phi) is 3.34. The van der Waals surface area contributed by atoms with E-state index in [1.54, 1.807) is 19.1 Å². The summed E-state index contributed by atoms with van der Waals surface area (Å²) in [6.45, 7) is 5.53. The van der Waals surface area contributed by atoms with Gasteiger partial charge in [0.25, 0.3) is 0 Å². The van der Waals surface area contributed by atoms with E-state index in [9.17, 15) is 9.90 Å². The number of aryl methyl sites for hydroxylation is 2. The smallest absolute Gasteiger partial charge is 0.182 e. The van der Waals surface area contributed by atoms with E-state index < -0.39 is 6.10 Å². The molecule has 0 aliphatic carbocycles. The minimum Gasteiger partial charge on any atom is -0.389 e. The van der Waals surface area contributed by atoms with Crippen molar-refractivity contribution in [3.8, 4) is 5.69 Å². The number of para-hydroxylation sites is 1.